The number of carbonyl (C=O) groups excluding carboxylic acids is 1. The fourth-order valence-corrected chi connectivity index (χ4v) is 4.51. The third-order valence-corrected chi connectivity index (χ3v) is 6.11. The average Bonchev–Trinajstić information content (AvgIpc) is 2.94. The highest BCUT2D eigenvalue weighted by Crippen LogP contribution is 2.27. The fourth-order valence-electron chi connectivity index (χ4n) is 3.22. The summed E-state index contributed by atoms with van der Waals surface area (Å²) in [5, 5.41) is 1.03. The van der Waals surface area contributed by atoms with Gasteiger partial charge in [0.15, 0.2) is 0 Å². The number of carbonyl (C=O) groups is 1. The number of thiazole rings is 1. The quantitative estimate of drug-likeness (QED) is 0.722. The van der Waals surface area contributed by atoms with Gasteiger partial charge in [-0.15, -0.1) is 36.2 Å². The number of hydrogen-bond donors (Lipinski definition) is 1. The summed E-state index contributed by atoms with van der Waals surface area (Å²) in [5.41, 5.74) is 6.86. The Labute approximate surface area is 173 Å². The predicted molar refractivity (Wildman–Crippen MR) is 113 cm³/mol. The van der Waals surface area contributed by atoms with Gasteiger partial charge < -0.3 is 10.6 Å². The van der Waals surface area contributed by atoms with Gasteiger partial charge in [0.1, 0.15) is 0 Å². The van der Waals surface area contributed by atoms with Crippen molar-refractivity contribution in [2.75, 3.05) is 13.1 Å². The van der Waals surface area contributed by atoms with Crippen LogP contribution in [-0.2, 0) is 11.2 Å². The van der Waals surface area contributed by atoms with Gasteiger partial charge in [-0.1, -0.05) is 22.9 Å². The highest BCUT2D eigenvalue weighted by Gasteiger charge is 2.28. The van der Waals surface area contributed by atoms with E-state index in [1.165, 1.54) is 4.70 Å². The Hall–Kier alpha value is -0.400. The van der Waals surface area contributed by atoms with E-state index in [-0.39, 0.29) is 36.8 Å². The van der Waals surface area contributed by atoms with E-state index in [0.29, 0.717) is 25.3 Å². The molecule has 0 spiro atoms. The lowest BCUT2D eigenvalue weighted by molar-refractivity contribution is -0.135. The van der Waals surface area contributed by atoms with E-state index in [9.17, 15) is 4.79 Å². The van der Waals surface area contributed by atoms with E-state index in [1.54, 1.807) is 11.3 Å². The van der Waals surface area contributed by atoms with Crippen molar-refractivity contribution in [2.24, 2.45) is 11.7 Å². The van der Waals surface area contributed by atoms with E-state index >= 15 is 0 Å². The van der Waals surface area contributed by atoms with Gasteiger partial charge in [0.2, 0.25) is 5.91 Å². The van der Waals surface area contributed by atoms with Crippen LogP contribution in [0.1, 0.15) is 31.2 Å². The molecule has 8 heteroatoms. The van der Waals surface area contributed by atoms with Crippen molar-refractivity contribution < 1.29 is 4.79 Å². The number of nitrogens with two attached hydrogens (primary N) is 1. The zero-order valence-electron chi connectivity index (χ0n) is 14.1. The monoisotopic (exact) mass is 467 g/mol. The summed E-state index contributed by atoms with van der Waals surface area (Å²) in [5.74, 6) is 0.878. The second-order valence-corrected chi connectivity index (χ2v) is 8.36. The summed E-state index contributed by atoms with van der Waals surface area (Å²) < 4.78 is 2.20. The predicted octanol–water partition coefficient (Wildman–Crippen LogP) is 4.42. The number of nitrogens with zero attached hydrogens (tertiary/aromatic N) is 2. The summed E-state index contributed by atoms with van der Waals surface area (Å²) in [6, 6.07) is 6.32. The Bertz CT molecular complexity index is 712. The van der Waals surface area contributed by atoms with Crippen LogP contribution in [-0.4, -0.2) is 34.9 Å². The molecule has 3 rings (SSSR count). The molecule has 4 nitrogen and oxygen atoms in total. The molecule has 1 fully saturated rings. The number of rotatable bonds is 4. The molecule has 2 heterocycles. The zero-order chi connectivity index (χ0) is 16.4. The van der Waals surface area contributed by atoms with Crippen LogP contribution in [0.15, 0.2) is 22.7 Å². The molecule has 25 heavy (non-hydrogen) atoms. The highest BCUT2D eigenvalue weighted by molar-refractivity contribution is 9.10. The number of aryl methyl sites for hydroxylation is 1. The van der Waals surface area contributed by atoms with Crippen LogP contribution >= 0.6 is 52.1 Å². The third kappa shape index (κ3) is 5.54. The minimum Gasteiger partial charge on any atom is -0.338 e. The number of likely N-dealkylation sites (tertiary alicyclic amines) is 1. The number of benzene rings is 1. The van der Waals surface area contributed by atoms with Crippen LogP contribution in [0.4, 0.5) is 0 Å². The van der Waals surface area contributed by atoms with Crippen molar-refractivity contribution in [3.05, 3.63) is 27.7 Å². The molecule has 1 aromatic heterocycles. The first-order valence-electron chi connectivity index (χ1n) is 8.11. The molecule has 1 saturated heterocycles. The van der Waals surface area contributed by atoms with E-state index in [4.69, 9.17) is 5.73 Å². The lowest BCUT2D eigenvalue weighted by Crippen LogP contribution is -2.49. The van der Waals surface area contributed by atoms with Crippen molar-refractivity contribution in [1.82, 2.24) is 9.88 Å². The van der Waals surface area contributed by atoms with Crippen LogP contribution in [0, 0.1) is 5.92 Å². The van der Waals surface area contributed by atoms with Gasteiger partial charge in [-0.3, -0.25) is 4.79 Å². The van der Waals surface area contributed by atoms with Gasteiger partial charge in [0.05, 0.1) is 15.2 Å². The number of fused-ring (bicyclic) bond motifs is 1. The standard InChI is InChI=1S/C17H22BrN3OS.2ClH/c1-11-6-7-21(13(8-11)10-19)17(22)5-4-16-20-14-9-12(18)2-3-15(14)23-16;;/h2-3,9,11,13H,4-8,10,19H2,1H3;2*1H. The summed E-state index contributed by atoms with van der Waals surface area (Å²) in [4.78, 5) is 19.2. The van der Waals surface area contributed by atoms with Gasteiger partial charge in [-0.2, -0.15) is 0 Å². The molecule has 0 radical (unpaired) electrons. The largest absolute Gasteiger partial charge is 0.338 e. The van der Waals surface area contributed by atoms with Gasteiger partial charge >= 0.3 is 0 Å². The molecular weight excluding hydrogens is 445 g/mol. The molecule has 2 unspecified atom stereocenters. The van der Waals surface area contributed by atoms with Crippen molar-refractivity contribution in [3.8, 4) is 0 Å². The molecule has 1 amide bonds. The van der Waals surface area contributed by atoms with Crippen LogP contribution in [0.2, 0.25) is 0 Å². The summed E-state index contributed by atoms with van der Waals surface area (Å²) in [6.07, 6.45) is 3.33. The Morgan fingerprint density at radius 1 is 1.44 bits per heavy atom. The first-order chi connectivity index (χ1) is 11.1. The van der Waals surface area contributed by atoms with Crippen LogP contribution in [0.5, 0.6) is 0 Å². The lowest BCUT2D eigenvalue weighted by atomic mass is 9.92. The maximum absolute atomic E-state index is 12.6. The first kappa shape index (κ1) is 22.6. The van der Waals surface area contributed by atoms with Crippen molar-refractivity contribution in [1.29, 1.82) is 0 Å². The van der Waals surface area contributed by atoms with Crippen LogP contribution in [0.3, 0.4) is 0 Å². The fraction of sp³-hybridized carbons (Fsp3) is 0.529. The van der Waals surface area contributed by atoms with Gasteiger partial charge in [0.25, 0.3) is 0 Å². The minimum atomic E-state index is 0. The molecular formula is C17H24BrCl2N3OS. The summed E-state index contributed by atoms with van der Waals surface area (Å²) in [7, 11) is 0. The number of halogens is 3. The highest BCUT2D eigenvalue weighted by atomic mass is 79.9. The van der Waals surface area contributed by atoms with Crippen LogP contribution in [0.25, 0.3) is 10.2 Å². The van der Waals surface area contributed by atoms with Gasteiger partial charge in [-0.25, -0.2) is 4.98 Å². The lowest BCUT2D eigenvalue weighted by Gasteiger charge is -2.38. The van der Waals surface area contributed by atoms with E-state index in [0.717, 1.165) is 34.4 Å². The summed E-state index contributed by atoms with van der Waals surface area (Å²) >= 11 is 5.14. The van der Waals surface area contributed by atoms with Crippen LogP contribution < -0.4 is 5.73 Å². The molecule has 2 aromatic rings. The number of aromatic nitrogens is 1. The van der Waals surface area contributed by atoms with Crippen molar-refractivity contribution in [3.63, 3.8) is 0 Å². The molecule has 1 aromatic carbocycles. The van der Waals surface area contributed by atoms with Crippen molar-refractivity contribution >= 4 is 68.2 Å². The zero-order valence-corrected chi connectivity index (χ0v) is 18.1. The molecule has 0 aliphatic carbocycles. The maximum Gasteiger partial charge on any atom is 0.223 e. The molecule has 2 N–H and O–H groups in total. The van der Waals surface area contributed by atoms with E-state index < -0.39 is 0 Å². The third-order valence-electron chi connectivity index (χ3n) is 4.52. The van der Waals surface area contributed by atoms with E-state index in [2.05, 4.69) is 33.9 Å². The SMILES string of the molecule is CC1CCN(C(=O)CCc2nc3cc(Br)ccc3s2)C(CN)C1.Cl.Cl. The second-order valence-electron chi connectivity index (χ2n) is 6.33. The molecule has 1 aliphatic heterocycles. The molecule has 2 atom stereocenters. The van der Waals surface area contributed by atoms with E-state index in [1.807, 2.05) is 17.0 Å². The Kier molecular flexibility index (Phi) is 9.12. The molecule has 140 valence electrons. The number of amides is 1. The number of hydrogen-bond acceptors (Lipinski definition) is 4. The van der Waals surface area contributed by atoms with Crippen molar-refractivity contribution in [2.45, 2.75) is 38.6 Å². The summed E-state index contributed by atoms with van der Waals surface area (Å²) in [6.45, 7) is 3.64. The first-order valence-corrected chi connectivity index (χ1v) is 9.72. The molecule has 1 aliphatic rings. The Morgan fingerprint density at radius 2 is 2.20 bits per heavy atom. The molecule has 0 saturated carbocycles. The topological polar surface area (TPSA) is 59.2 Å². The Balaban J connectivity index is 0.00000156. The Morgan fingerprint density at radius 3 is 2.92 bits per heavy atom. The average molecular weight is 469 g/mol. The smallest absolute Gasteiger partial charge is 0.223 e. The maximum atomic E-state index is 12.6. The van der Waals surface area contributed by atoms with Gasteiger partial charge in [-0.05, 0) is 37.0 Å². The normalized spacial score (nSPS) is 20.0. The van der Waals surface area contributed by atoms with Gasteiger partial charge in [0, 0.05) is 36.4 Å². The minimum absolute atomic E-state index is 0. The number of piperidine rings is 1. The second kappa shape index (κ2) is 10.1. The molecule has 0 bridgehead atoms.